The van der Waals surface area contributed by atoms with Crippen molar-refractivity contribution < 1.29 is 8.76 Å². The van der Waals surface area contributed by atoms with Gasteiger partial charge in [-0.2, -0.15) is 4.31 Å². The van der Waals surface area contributed by atoms with Crippen LogP contribution in [0.2, 0.25) is 0 Å². The molecule has 4 heteroatoms. The fraction of sp³-hybridized carbons (Fsp3) is 0.333. The molecule has 3 nitrogen and oxygen atoms in total. The van der Waals surface area contributed by atoms with Crippen molar-refractivity contribution in [2.75, 3.05) is 7.05 Å². The Bertz CT molecular complexity index is 289. The van der Waals surface area contributed by atoms with Gasteiger partial charge in [0, 0.05) is 13.1 Å². The normalized spacial score (nSPS) is 15.7. The molecule has 1 N–H and O–H groups in total. The molecule has 0 aliphatic carbocycles. The summed E-state index contributed by atoms with van der Waals surface area (Å²) in [6, 6.07) is 9.58. The van der Waals surface area contributed by atoms with E-state index < -0.39 is 11.3 Å². The van der Waals surface area contributed by atoms with Crippen LogP contribution in [0.15, 0.2) is 30.3 Å². The molecular formula is C9H13NO2S. The fourth-order valence-electron chi connectivity index (χ4n) is 1.08. The molecule has 0 fully saturated rings. The van der Waals surface area contributed by atoms with Gasteiger partial charge in [-0.25, -0.2) is 4.21 Å². The number of benzene rings is 1. The zero-order valence-corrected chi connectivity index (χ0v) is 8.49. The Morgan fingerprint density at radius 2 is 1.92 bits per heavy atom. The molecule has 0 radical (unpaired) electrons. The van der Waals surface area contributed by atoms with Crippen molar-refractivity contribution in [2.45, 2.75) is 13.0 Å². The molecule has 0 saturated carbocycles. The van der Waals surface area contributed by atoms with Gasteiger partial charge in [-0.3, -0.25) is 4.55 Å². The lowest BCUT2D eigenvalue weighted by Gasteiger charge is -2.20. The maximum Gasteiger partial charge on any atom is 0.234 e. The van der Waals surface area contributed by atoms with Gasteiger partial charge in [-0.1, -0.05) is 30.3 Å². The van der Waals surface area contributed by atoms with Crippen LogP contribution in [0.25, 0.3) is 0 Å². The van der Waals surface area contributed by atoms with Crippen molar-refractivity contribution in [2.24, 2.45) is 0 Å². The summed E-state index contributed by atoms with van der Waals surface area (Å²) in [5.74, 6) is 0. The van der Waals surface area contributed by atoms with E-state index in [1.54, 1.807) is 7.05 Å². The van der Waals surface area contributed by atoms with Gasteiger partial charge in [0.15, 0.2) is 0 Å². The van der Waals surface area contributed by atoms with Crippen molar-refractivity contribution >= 4 is 11.3 Å². The van der Waals surface area contributed by atoms with Crippen molar-refractivity contribution in [3.63, 3.8) is 0 Å². The van der Waals surface area contributed by atoms with Crippen LogP contribution in [0.5, 0.6) is 0 Å². The van der Waals surface area contributed by atoms with Crippen LogP contribution >= 0.6 is 0 Å². The average Bonchev–Trinajstić information content (AvgIpc) is 2.17. The van der Waals surface area contributed by atoms with E-state index >= 15 is 0 Å². The molecule has 1 rings (SSSR count). The number of hydrogen-bond donors (Lipinski definition) is 1. The molecule has 0 aliphatic heterocycles. The van der Waals surface area contributed by atoms with Crippen LogP contribution in [-0.2, 0) is 11.3 Å². The highest BCUT2D eigenvalue weighted by Crippen LogP contribution is 2.18. The molecule has 2 atom stereocenters. The van der Waals surface area contributed by atoms with E-state index in [9.17, 15) is 4.21 Å². The zero-order valence-electron chi connectivity index (χ0n) is 7.68. The first-order valence-electron chi connectivity index (χ1n) is 4.01. The molecule has 0 heterocycles. The first kappa shape index (κ1) is 10.4. The smallest absolute Gasteiger partial charge is 0.234 e. The lowest BCUT2D eigenvalue weighted by atomic mass is 10.1. The summed E-state index contributed by atoms with van der Waals surface area (Å²) in [6.45, 7) is 1.89. The third-order valence-electron chi connectivity index (χ3n) is 2.07. The maximum absolute atomic E-state index is 10.8. The summed E-state index contributed by atoms with van der Waals surface area (Å²) < 4.78 is 21.0. The van der Waals surface area contributed by atoms with Crippen LogP contribution in [-0.4, -0.2) is 20.1 Å². The van der Waals surface area contributed by atoms with E-state index in [0.29, 0.717) is 0 Å². The lowest BCUT2D eigenvalue weighted by Crippen LogP contribution is -2.23. The molecular weight excluding hydrogens is 186 g/mol. The molecule has 72 valence electrons. The summed E-state index contributed by atoms with van der Waals surface area (Å²) in [6.07, 6.45) is 0. The van der Waals surface area contributed by atoms with Gasteiger partial charge in [-0.15, -0.1) is 0 Å². The largest absolute Gasteiger partial charge is 0.294 e. The summed E-state index contributed by atoms with van der Waals surface area (Å²) in [5, 5.41) is 0. The third kappa shape index (κ3) is 2.62. The zero-order chi connectivity index (χ0) is 9.84. The van der Waals surface area contributed by atoms with Gasteiger partial charge in [-0.05, 0) is 12.5 Å². The third-order valence-corrected chi connectivity index (χ3v) is 2.88. The number of hydrogen-bond acceptors (Lipinski definition) is 1. The molecule has 0 saturated heterocycles. The van der Waals surface area contributed by atoms with Gasteiger partial charge in [0.25, 0.3) is 0 Å². The second kappa shape index (κ2) is 4.50. The highest BCUT2D eigenvalue weighted by molar-refractivity contribution is 7.76. The van der Waals surface area contributed by atoms with E-state index in [2.05, 4.69) is 0 Å². The minimum atomic E-state index is -1.91. The molecule has 13 heavy (non-hydrogen) atoms. The standard InChI is InChI=1S/C9H13NO2S/c1-8(10(2)13(11)12)9-6-4-3-5-7-9/h3-8H,1-2H3,(H,11,12)/t8-/m0/s1. The molecule has 0 aliphatic rings. The maximum atomic E-state index is 10.8. The molecule has 0 amide bonds. The van der Waals surface area contributed by atoms with Crippen LogP contribution in [0.4, 0.5) is 0 Å². The lowest BCUT2D eigenvalue weighted by molar-refractivity contribution is 0.385. The predicted molar refractivity (Wildman–Crippen MR) is 53.4 cm³/mol. The minimum absolute atomic E-state index is 0.0490. The van der Waals surface area contributed by atoms with E-state index in [-0.39, 0.29) is 6.04 Å². The van der Waals surface area contributed by atoms with E-state index in [0.717, 1.165) is 5.56 Å². The second-order valence-electron chi connectivity index (χ2n) is 2.86. The first-order chi connectivity index (χ1) is 6.13. The average molecular weight is 199 g/mol. The topological polar surface area (TPSA) is 40.5 Å². The molecule has 1 aromatic rings. The highest BCUT2D eigenvalue weighted by Gasteiger charge is 2.14. The van der Waals surface area contributed by atoms with Crippen molar-refractivity contribution in [3.8, 4) is 0 Å². The van der Waals surface area contributed by atoms with Crippen LogP contribution < -0.4 is 0 Å². The van der Waals surface area contributed by atoms with E-state index in [1.807, 2.05) is 37.3 Å². The second-order valence-corrected chi connectivity index (χ2v) is 3.90. The van der Waals surface area contributed by atoms with Gasteiger partial charge >= 0.3 is 0 Å². The van der Waals surface area contributed by atoms with Crippen LogP contribution in [0.1, 0.15) is 18.5 Å². The fourth-order valence-corrected chi connectivity index (χ4v) is 1.47. The number of nitrogens with zero attached hydrogens (tertiary/aromatic N) is 1. The molecule has 1 aromatic carbocycles. The Balaban J connectivity index is 2.79. The predicted octanol–water partition coefficient (Wildman–Crippen LogP) is 1.82. The van der Waals surface area contributed by atoms with Gasteiger partial charge < -0.3 is 0 Å². The van der Waals surface area contributed by atoms with Crippen molar-refractivity contribution in [1.29, 1.82) is 0 Å². The van der Waals surface area contributed by atoms with Crippen LogP contribution in [0.3, 0.4) is 0 Å². The summed E-state index contributed by atoms with van der Waals surface area (Å²) in [5.41, 5.74) is 1.03. The summed E-state index contributed by atoms with van der Waals surface area (Å²) in [4.78, 5) is 0. The Morgan fingerprint density at radius 3 is 2.38 bits per heavy atom. The Kier molecular flexibility index (Phi) is 3.59. The monoisotopic (exact) mass is 199 g/mol. The Morgan fingerprint density at radius 1 is 1.38 bits per heavy atom. The molecule has 0 aromatic heterocycles. The van der Waals surface area contributed by atoms with E-state index in [1.165, 1.54) is 4.31 Å². The minimum Gasteiger partial charge on any atom is -0.294 e. The van der Waals surface area contributed by atoms with Gasteiger partial charge in [0.2, 0.25) is 11.3 Å². The van der Waals surface area contributed by atoms with E-state index in [4.69, 9.17) is 4.55 Å². The molecule has 0 bridgehead atoms. The van der Waals surface area contributed by atoms with Crippen molar-refractivity contribution in [3.05, 3.63) is 35.9 Å². The van der Waals surface area contributed by atoms with Gasteiger partial charge in [0.05, 0.1) is 0 Å². The Labute approximate surface area is 80.8 Å². The van der Waals surface area contributed by atoms with Crippen LogP contribution in [0, 0.1) is 0 Å². The highest BCUT2D eigenvalue weighted by atomic mass is 32.2. The van der Waals surface area contributed by atoms with Gasteiger partial charge in [0.1, 0.15) is 0 Å². The van der Waals surface area contributed by atoms with Crippen molar-refractivity contribution in [1.82, 2.24) is 4.31 Å². The molecule has 0 spiro atoms. The quantitative estimate of drug-likeness (QED) is 0.754. The SMILES string of the molecule is C[C@@H](c1ccccc1)N(C)S(=O)O. The molecule has 1 unspecified atom stereocenters. The Hall–Kier alpha value is -0.710. The summed E-state index contributed by atoms with van der Waals surface area (Å²) in [7, 11) is 1.62. The first-order valence-corrected chi connectivity index (χ1v) is 5.08. The number of rotatable bonds is 3. The summed E-state index contributed by atoms with van der Waals surface area (Å²) >= 11 is -1.91.